The van der Waals surface area contributed by atoms with Crippen molar-refractivity contribution in [3.05, 3.63) is 63.9 Å². The molecule has 4 rings (SSSR count). The number of aryl methyl sites for hydroxylation is 1. The van der Waals surface area contributed by atoms with Gasteiger partial charge in [-0.05, 0) is 42.5 Å². The number of carbonyl (C=O) groups excluding carboxylic acids is 1. The number of methoxy groups -OCH3 is 1. The van der Waals surface area contributed by atoms with Crippen molar-refractivity contribution < 1.29 is 14.3 Å². The summed E-state index contributed by atoms with van der Waals surface area (Å²) in [4.78, 5) is 16.4. The van der Waals surface area contributed by atoms with E-state index in [4.69, 9.17) is 32.7 Å². The third-order valence-corrected chi connectivity index (χ3v) is 5.90. The molecule has 0 spiro atoms. The van der Waals surface area contributed by atoms with Crippen molar-refractivity contribution in [2.75, 3.05) is 7.11 Å². The molecule has 2 aliphatic carbocycles. The zero-order valence-electron chi connectivity index (χ0n) is 14.8. The van der Waals surface area contributed by atoms with Crippen LogP contribution in [0, 0.1) is 11.8 Å². The lowest BCUT2D eigenvalue weighted by Crippen LogP contribution is -2.31. The van der Waals surface area contributed by atoms with E-state index in [-0.39, 0.29) is 17.6 Å². The summed E-state index contributed by atoms with van der Waals surface area (Å²) in [6.07, 6.45) is 9.11. The molecule has 6 heteroatoms. The topological polar surface area (TPSA) is 48.4 Å². The number of Topliss-reactive ketones (excluding diaryl/α,β-unsaturated/α-hetero) is 1. The van der Waals surface area contributed by atoms with E-state index in [2.05, 4.69) is 11.1 Å². The lowest BCUT2D eigenvalue weighted by molar-refractivity contribution is -0.126. The highest BCUT2D eigenvalue weighted by Gasteiger charge is 2.45. The second kappa shape index (κ2) is 7.53. The van der Waals surface area contributed by atoms with E-state index in [1.165, 1.54) is 0 Å². The molecule has 3 atom stereocenters. The molecule has 0 amide bonds. The van der Waals surface area contributed by atoms with Crippen molar-refractivity contribution in [3.63, 3.8) is 0 Å². The number of aromatic nitrogens is 1. The molecule has 2 aliphatic rings. The molecule has 0 N–H and O–H groups in total. The molecule has 4 nitrogen and oxygen atoms in total. The van der Waals surface area contributed by atoms with E-state index in [0.29, 0.717) is 28.0 Å². The monoisotopic (exact) mass is 403 g/mol. The standard InChI is InChI=1S/C21H19Cl2NO3/c1-26-18-7-3-12(2-6-15-16(22)10-24-11-17(15)23)8-19(18)27-21-14-5-4-13(9-14)20(21)25/h3-5,7-8,10-11,13-14,21H,2,6,9H2,1H3. The van der Waals surface area contributed by atoms with Crippen LogP contribution in [-0.2, 0) is 17.6 Å². The predicted octanol–water partition coefficient (Wildman–Crippen LogP) is 4.70. The molecular formula is C21H19Cl2NO3. The van der Waals surface area contributed by atoms with E-state index in [1.54, 1.807) is 19.5 Å². The van der Waals surface area contributed by atoms with Crippen LogP contribution in [0.1, 0.15) is 17.5 Å². The Balaban J connectivity index is 1.52. The van der Waals surface area contributed by atoms with Crippen LogP contribution in [0.4, 0.5) is 0 Å². The summed E-state index contributed by atoms with van der Waals surface area (Å²) in [7, 11) is 1.60. The van der Waals surface area contributed by atoms with Gasteiger partial charge in [0, 0.05) is 24.2 Å². The summed E-state index contributed by atoms with van der Waals surface area (Å²) >= 11 is 12.4. The quantitative estimate of drug-likeness (QED) is 0.655. The first-order chi connectivity index (χ1) is 13.1. The number of pyridine rings is 1. The van der Waals surface area contributed by atoms with Gasteiger partial charge in [0.1, 0.15) is 0 Å². The maximum absolute atomic E-state index is 12.4. The van der Waals surface area contributed by atoms with Crippen LogP contribution in [0.15, 0.2) is 42.7 Å². The minimum absolute atomic E-state index is 0.00477. The summed E-state index contributed by atoms with van der Waals surface area (Å²) in [5.41, 5.74) is 1.93. The number of ether oxygens (including phenoxy) is 2. The number of halogens is 2. The zero-order chi connectivity index (χ0) is 19.0. The Labute approximate surface area is 168 Å². The fourth-order valence-electron chi connectivity index (χ4n) is 3.78. The van der Waals surface area contributed by atoms with Crippen molar-refractivity contribution in [2.45, 2.75) is 25.4 Å². The molecule has 1 aromatic heterocycles. The smallest absolute Gasteiger partial charge is 0.180 e. The fraction of sp³-hybridized carbons (Fsp3) is 0.333. The third kappa shape index (κ3) is 3.56. The molecule has 2 aromatic rings. The molecule has 27 heavy (non-hydrogen) atoms. The summed E-state index contributed by atoms with van der Waals surface area (Å²) in [6.45, 7) is 0. The minimum Gasteiger partial charge on any atom is -0.493 e. The Kier molecular flexibility index (Phi) is 5.11. The van der Waals surface area contributed by atoms with Gasteiger partial charge in [0.05, 0.1) is 17.2 Å². The largest absolute Gasteiger partial charge is 0.493 e. The van der Waals surface area contributed by atoms with Crippen LogP contribution >= 0.6 is 23.2 Å². The van der Waals surface area contributed by atoms with E-state index in [1.807, 2.05) is 24.3 Å². The van der Waals surface area contributed by atoms with Crippen LogP contribution < -0.4 is 9.47 Å². The van der Waals surface area contributed by atoms with Gasteiger partial charge < -0.3 is 9.47 Å². The number of nitrogens with zero attached hydrogens (tertiary/aromatic N) is 1. The van der Waals surface area contributed by atoms with E-state index < -0.39 is 6.10 Å². The Morgan fingerprint density at radius 2 is 1.89 bits per heavy atom. The predicted molar refractivity (Wildman–Crippen MR) is 105 cm³/mol. The average molecular weight is 404 g/mol. The second-order valence-electron chi connectivity index (χ2n) is 6.90. The molecular weight excluding hydrogens is 385 g/mol. The number of fused-ring (bicyclic) bond motifs is 2. The Morgan fingerprint density at radius 1 is 1.11 bits per heavy atom. The van der Waals surface area contributed by atoms with Gasteiger partial charge in [0.15, 0.2) is 23.4 Å². The van der Waals surface area contributed by atoms with E-state index >= 15 is 0 Å². The van der Waals surface area contributed by atoms with Crippen molar-refractivity contribution in [2.24, 2.45) is 11.8 Å². The Morgan fingerprint density at radius 3 is 2.56 bits per heavy atom. The first-order valence-corrected chi connectivity index (χ1v) is 9.66. The molecule has 0 saturated heterocycles. The Hall–Kier alpha value is -2.04. The number of allylic oxidation sites excluding steroid dienone is 1. The molecule has 0 radical (unpaired) electrons. The van der Waals surface area contributed by atoms with Crippen LogP contribution in [-0.4, -0.2) is 24.0 Å². The van der Waals surface area contributed by atoms with Gasteiger partial charge in [-0.2, -0.15) is 0 Å². The lowest BCUT2D eigenvalue weighted by Gasteiger charge is -2.21. The highest BCUT2D eigenvalue weighted by Crippen LogP contribution is 2.40. The molecule has 2 bridgehead atoms. The van der Waals surface area contributed by atoms with Gasteiger partial charge in [-0.3, -0.25) is 9.78 Å². The number of carbonyl (C=O) groups is 1. The van der Waals surface area contributed by atoms with Crippen molar-refractivity contribution >= 4 is 29.0 Å². The average Bonchev–Trinajstić information content (AvgIpc) is 3.25. The molecule has 1 saturated carbocycles. The third-order valence-electron chi connectivity index (χ3n) is 5.25. The molecule has 140 valence electrons. The lowest BCUT2D eigenvalue weighted by atomic mass is 10.0. The summed E-state index contributed by atoms with van der Waals surface area (Å²) < 4.78 is 11.5. The maximum atomic E-state index is 12.4. The van der Waals surface area contributed by atoms with Crippen LogP contribution in [0.5, 0.6) is 11.5 Å². The van der Waals surface area contributed by atoms with Crippen LogP contribution in [0.2, 0.25) is 10.0 Å². The highest BCUT2D eigenvalue weighted by molar-refractivity contribution is 6.35. The number of hydrogen-bond acceptors (Lipinski definition) is 4. The fourth-order valence-corrected chi connectivity index (χ4v) is 4.34. The summed E-state index contributed by atoms with van der Waals surface area (Å²) in [5, 5.41) is 1.12. The number of benzene rings is 1. The second-order valence-corrected chi connectivity index (χ2v) is 7.71. The van der Waals surface area contributed by atoms with E-state index in [9.17, 15) is 4.79 Å². The molecule has 1 aromatic carbocycles. The van der Waals surface area contributed by atoms with Gasteiger partial charge in [-0.15, -0.1) is 0 Å². The minimum atomic E-state index is -0.423. The van der Waals surface area contributed by atoms with Crippen molar-refractivity contribution in [1.29, 1.82) is 0 Å². The number of rotatable bonds is 6. The zero-order valence-corrected chi connectivity index (χ0v) is 16.3. The molecule has 0 aliphatic heterocycles. The van der Waals surface area contributed by atoms with Gasteiger partial charge in [0.25, 0.3) is 0 Å². The molecule has 1 fully saturated rings. The van der Waals surface area contributed by atoms with Crippen molar-refractivity contribution in [1.82, 2.24) is 4.98 Å². The maximum Gasteiger partial charge on any atom is 0.180 e. The van der Waals surface area contributed by atoms with Gasteiger partial charge >= 0.3 is 0 Å². The first-order valence-electron chi connectivity index (χ1n) is 8.90. The SMILES string of the molecule is COc1ccc(CCc2c(Cl)cncc2Cl)cc1OC1C(=O)C2C=CC1C2. The van der Waals surface area contributed by atoms with Gasteiger partial charge in [0.2, 0.25) is 0 Å². The van der Waals surface area contributed by atoms with Crippen LogP contribution in [0.25, 0.3) is 0 Å². The van der Waals surface area contributed by atoms with Crippen LogP contribution in [0.3, 0.4) is 0 Å². The normalized spacial score (nSPS) is 23.1. The van der Waals surface area contributed by atoms with Gasteiger partial charge in [-0.25, -0.2) is 0 Å². The summed E-state index contributed by atoms with van der Waals surface area (Å²) in [6, 6.07) is 5.79. The summed E-state index contributed by atoms with van der Waals surface area (Å²) in [5.74, 6) is 1.54. The number of ketones is 1. The Bertz CT molecular complexity index is 892. The highest BCUT2D eigenvalue weighted by atomic mass is 35.5. The molecule has 3 unspecified atom stereocenters. The number of hydrogen-bond donors (Lipinski definition) is 0. The van der Waals surface area contributed by atoms with E-state index in [0.717, 1.165) is 24.0 Å². The first kappa shape index (κ1) is 18.3. The molecule has 1 heterocycles. The van der Waals surface area contributed by atoms with Gasteiger partial charge in [-0.1, -0.05) is 41.4 Å². The van der Waals surface area contributed by atoms with Crippen molar-refractivity contribution in [3.8, 4) is 11.5 Å².